The van der Waals surface area contributed by atoms with E-state index in [1.165, 1.54) is 12.1 Å². The van der Waals surface area contributed by atoms with E-state index in [1.807, 2.05) is 66.8 Å². The number of H-pyrrole nitrogens is 2. The van der Waals surface area contributed by atoms with Gasteiger partial charge in [-0.25, -0.2) is 9.97 Å². The summed E-state index contributed by atoms with van der Waals surface area (Å²) in [4.78, 5) is 16.1. The van der Waals surface area contributed by atoms with Crippen LogP contribution in [-0.4, -0.2) is 32.9 Å². The van der Waals surface area contributed by atoms with Crippen molar-refractivity contribution in [3.63, 3.8) is 0 Å². The van der Waals surface area contributed by atoms with Crippen LogP contribution in [0.25, 0.3) is 45.9 Å². The molecule has 1 aromatic carbocycles. The molecule has 0 amide bonds. The average molecular weight is 522 g/mol. The van der Waals surface area contributed by atoms with E-state index < -0.39 is 10.1 Å². The molecule has 0 saturated heterocycles. The van der Waals surface area contributed by atoms with Crippen molar-refractivity contribution in [2.75, 3.05) is 0 Å². The minimum absolute atomic E-state index is 0. The number of aromatic amines is 2. The summed E-state index contributed by atoms with van der Waals surface area (Å²) >= 11 is 0. The van der Waals surface area contributed by atoms with Crippen LogP contribution >= 0.6 is 0 Å². The Hall–Kier alpha value is -3.75. The van der Waals surface area contributed by atoms with E-state index in [0.717, 1.165) is 56.0 Å². The van der Waals surface area contributed by atoms with E-state index in [0.29, 0.717) is 0 Å². The van der Waals surface area contributed by atoms with Gasteiger partial charge in [-0.05, 0) is 84.5 Å². The number of nitrogens with one attached hydrogen (secondary N) is 2. The summed E-state index contributed by atoms with van der Waals surface area (Å²) in [5.41, 5.74) is 8.48. The minimum Gasteiger partial charge on any atom is -0.355 e. The van der Waals surface area contributed by atoms with Gasteiger partial charge >= 0.3 is 0 Å². The molecule has 8 bridgehead atoms. The topological polar surface area (TPSA) is 112 Å². The summed E-state index contributed by atoms with van der Waals surface area (Å²) in [5, 5.41) is 0. The smallest absolute Gasteiger partial charge is 0.294 e. The predicted molar refractivity (Wildman–Crippen MR) is 133 cm³/mol. The Bertz CT molecular complexity index is 1780. The van der Waals surface area contributed by atoms with Crippen LogP contribution in [0.4, 0.5) is 0 Å². The van der Waals surface area contributed by atoms with Gasteiger partial charge in [0, 0.05) is 44.7 Å². The molecular formula is C26H18FeN4O3S. The molecule has 2 aliphatic heterocycles. The molecule has 7 nitrogen and oxygen atoms in total. The van der Waals surface area contributed by atoms with Gasteiger partial charge in [0.05, 0.1) is 27.7 Å². The Morgan fingerprint density at radius 3 is 1.71 bits per heavy atom. The van der Waals surface area contributed by atoms with Gasteiger partial charge in [-0.3, -0.25) is 4.55 Å². The summed E-state index contributed by atoms with van der Waals surface area (Å²) < 4.78 is 32.2. The van der Waals surface area contributed by atoms with Crippen molar-refractivity contribution in [2.45, 2.75) is 4.90 Å². The van der Waals surface area contributed by atoms with Gasteiger partial charge in [0.2, 0.25) is 0 Å². The molecule has 0 atom stereocenters. The van der Waals surface area contributed by atoms with Gasteiger partial charge in [0.25, 0.3) is 10.1 Å². The van der Waals surface area contributed by atoms with E-state index in [-0.39, 0.29) is 22.0 Å². The average Bonchev–Trinajstić information content (AvgIpc) is 3.58. The molecule has 5 heterocycles. The minimum atomic E-state index is -4.26. The van der Waals surface area contributed by atoms with Crippen LogP contribution in [0, 0.1) is 0 Å². The predicted octanol–water partition coefficient (Wildman–Crippen LogP) is 5.32. The largest absolute Gasteiger partial charge is 0.355 e. The van der Waals surface area contributed by atoms with Gasteiger partial charge in [0.1, 0.15) is 0 Å². The first-order valence-corrected chi connectivity index (χ1v) is 12.0. The summed E-state index contributed by atoms with van der Waals surface area (Å²) in [7, 11) is -4.26. The maximum atomic E-state index is 11.4. The van der Waals surface area contributed by atoms with Gasteiger partial charge in [-0.1, -0.05) is 12.1 Å². The molecule has 3 N–H and O–H groups in total. The second-order valence-corrected chi connectivity index (χ2v) is 9.51. The molecule has 0 fully saturated rings. The fourth-order valence-electron chi connectivity index (χ4n) is 4.05. The Kier molecular flexibility index (Phi) is 5.78. The van der Waals surface area contributed by atoms with Crippen LogP contribution < -0.4 is 0 Å². The first-order chi connectivity index (χ1) is 16.4. The fourth-order valence-corrected chi connectivity index (χ4v) is 4.53. The van der Waals surface area contributed by atoms with Crippen LogP contribution in [0.3, 0.4) is 0 Å². The summed E-state index contributed by atoms with van der Waals surface area (Å²) in [6.45, 7) is 0. The third kappa shape index (κ3) is 4.76. The molecule has 2 aliphatic rings. The van der Waals surface area contributed by atoms with Gasteiger partial charge in [-0.15, -0.1) is 0 Å². The second-order valence-electron chi connectivity index (χ2n) is 8.09. The molecule has 6 rings (SSSR count). The molecule has 0 aliphatic carbocycles. The molecule has 35 heavy (non-hydrogen) atoms. The molecule has 0 spiro atoms. The van der Waals surface area contributed by atoms with E-state index in [9.17, 15) is 13.0 Å². The van der Waals surface area contributed by atoms with Crippen molar-refractivity contribution < 1.29 is 30.0 Å². The van der Waals surface area contributed by atoms with Gasteiger partial charge < -0.3 is 9.97 Å². The Balaban J connectivity index is 0.00000253. The zero-order valence-electron chi connectivity index (χ0n) is 18.1. The van der Waals surface area contributed by atoms with Crippen LogP contribution in [0.5, 0.6) is 0 Å². The van der Waals surface area contributed by atoms with Crippen LogP contribution in [0.1, 0.15) is 28.3 Å². The molecule has 4 aromatic rings. The molecule has 0 unspecified atom stereocenters. The number of hydrogen-bond donors (Lipinski definition) is 3. The second kappa shape index (κ2) is 8.79. The van der Waals surface area contributed by atoms with Crippen LogP contribution in [0.2, 0.25) is 0 Å². The SMILES string of the molecule is O=S(=O)(O)c1ccc(C2=Cc3cc4ccc(cc5nc(cc6ccc(cc2n3)[nH]6)C=C5)[nH]4)cc1.[Fe]. The first-order valence-electron chi connectivity index (χ1n) is 10.6. The molecule has 0 radical (unpaired) electrons. The van der Waals surface area contributed by atoms with Crippen molar-refractivity contribution in [3.8, 4) is 0 Å². The zero-order chi connectivity index (χ0) is 23.3. The Morgan fingerprint density at radius 2 is 1.17 bits per heavy atom. The van der Waals surface area contributed by atoms with E-state index in [1.54, 1.807) is 12.1 Å². The normalized spacial score (nSPS) is 12.8. The van der Waals surface area contributed by atoms with Gasteiger partial charge in [-0.2, -0.15) is 8.42 Å². The van der Waals surface area contributed by atoms with E-state index in [4.69, 9.17) is 4.98 Å². The Labute approximate surface area is 211 Å². The standard InChI is InChI=1S/C26H18N4O3S.Fe/c31-34(32,33)24-9-1-16(2-10-24)25-14-23-13-21-6-5-19(28-21)11-17-3-4-18(27-17)12-20-7-8-22(29-20)15-26(25)30-23;/h1-15,28-29H,(H,31,32,33);. The number of hydrogen-bond acceptors (Lipinski definition) is 4. The van der Waals surface area contributed by atoms with Crippen LogP contribution in [-0.2, 0) is 27.2 Å². The Morgan fingerprint density at radius 1 is 0.657 bits per heavy atom. The first kappa shape index (κ1) is 23.0. The third-order valence-corrected chi connectivity index (χ3v) is 6.50. The maximum absolute atomic E-state index is 11.4. The maximum Gasteiger partial charge on any atom is 0.294 e. The fraction of sp³-hybridized carbons (Fsp3) is 0. The number of fused-ring (bicyclic) bond motifs is 8. The molecular weight excluding hydrogens is 504 g/mol. The third-order valence-electron chi connectivity index (χ3n) is 5.63. The quantitative estimate of drug-likeness (QED) is 0.211. The molecule has 0 saturated carbocycles. The number of aromatic nitrogens is 4. The van der Waals surface area contributed by atoms with Crippen LogP contribution in [0.15, 0.2) is 77.7 Å². The number of nitrogens with zero attached hydrogens (tertiary/aromatic N) is 2. The van der Waals surface area contributed by atoms with Gasteiger partial charge in [0.15, 0.2) is 0 Å². The van der Waals surface area contributed by atoms with Crippen molar-refractivity contribution in [1.29, 1.82) is 0 Å². The van der Waals surface area contributed by atoms with E-state index in [2.05, 4.69) is 15.0 Å². The van der Waals surface area contributed by atoms with Crippen molar-refractivity contribution in [1.82, 2.24) is 19.9 Å². The number of rotatable bonds is 2. The van der Waals surface area contributed by atoms with Crippen molar-refractivity contribution in [2.24, 2.45) is 0 Å². The van der Waals surface area contributed by atoms with Crippen molar-refractivity contribution >= 4 is 56.0 Å². The summed E-state index contributed by atoms with van der Waals surface area (Å²) in [6.07, 6.45) is 5.91. The molecule has 9 heteroatoms. The zero-order valence-corrected chi connectivity index (χ0v) is 20.0. The number of benzene rings is 1. The molecule has 3 aromatic heterocycles. The van der Waals surface area contributed by atoms with E-state index >= 15 is 0 Å². The summed E-state index contributed by atoms with van der Waals surface area (Å²) in [5.74, 6) is 0. The molecule has 174 valence electrons. The summed E-state index contributed by atoms with van der Waals surface area (Å²) in [6, 6.07) is 21.9. The van der Waals surface area contributed by atoms with Crippen molar-refractivity contribution in [3.05, 3.63) is 101 Å². The monoisotopic (exact) mass is 522 g/mol.